The number of hydrogen-bond donors (Lipinski definition) is 0. The third-order valence-corrected chi connectivity index (χ3v) is 9.81. The van der Waals surface area contributed by atoms with E-state index in [0.717, 1.165) is 19.9 Å². The molecule has 0 saturated carbocycles. The second-order valence-electron chi connectivity index (χ2n) is 12.9. The van der Waals surface area contributed by atoms with E-state index < -0.39 is 177 Å². The van der Waals surface area contributed by atoms with Crippen LogP contribution in [0.1, 0.15) is 27.4 Å². The van der Waals surface area contributed by atoms with Crippen LogP contribution in [-0.2, 0) is 0 Å². The van der Waals surface area contributed by atoms with Crippen molar-refractivity contribution in [3.05, 3.63) is 188 Å². The molecule has 4 aromatic heterocycles. The van der Waals surface area contributed by atoms with Crippen molar-refractivity contribution < 1.29 is 31.8 Å². The van der Waals surface area contributed by atoms with Crippen LogP contribution in [0.2, 0.25) is 0 Å². The van der Waals surface area contributed by atoms with E-state index in [1.165, 1.54) is 0 Å². The van der Waals surface area contributed by atoms with Crippen molar-refractivity contribution in [2.24, 2.45) is 0 Å². The highest BCUT2D eigenvalue weighted by atomic mass is 16.3. The number of fused-ring (bicyclic) bond motifs is 9. The van der Waals surface area contributed by atoms with Crippen LogP contribution in [0.3, 0.4) is 0 Å². The Morgan fingerprint density at radius 3 is 1.67 bits per heavy atom. The van der Waals surface area contributed by atoms with Crippen molar-refractivity contribution in [2.75, 3.05) is 0 Å². The van der Waals surface area contributed by atoms with E-state index in [0.29, 0.717) is 22.3 Å². The van der Waals surface area contributed by atoms with Crippen molar-refractivity contribution in [3.8, 4) is 45.5 Å². The lowest BCUT2D eigenvalue weighted by atomic mass is 9.97. The lowest BCUT2D eigenvalue weighted by molar-refractivity contribution is 0.669. The van der Waals surface area contributed by atoms with Gasteiger partial charge in [-0.05, 0) is 64.6 Å². The van der Waals surface area contributed by atoms with Gasteiger partial charge in [0.15, 0.2) is 5.82 Å². The van der Waals surface area contributed by atoms with Gasteiger partial charge in [0.1, 0.15) is 11.2 Å². The predicted octanol–water partition coefficient (Wildman–Crippen LogP) is 13.0. The van der Waals surface area contributed by atoms with Gasteiger partial charge < -0.3 is 4.42 Å². The predicted molar refractivity (Wildman–Crippen MR) is 232 cm³/mol. The van der Waals surface area contributed by atoms with Crippen LogP contribution in [-0.4, -0.2) is 24.1 Å². The van der Waals surface area contributed by atoms with Crippen LogP contribution >= 0.6 is 0 Å². The van der Waals surface area contributed by atoms with E-state index in [-0.39, 0.29) is 22.2 Å². The third-order valence-electron chi connectivity index (χ3n) is 9.81. The highest BCUT2D eigenvalue weighted by Crippen LogP contribution is 2.39. The number of para-hydroxylation sites is 4. The lowest BCUT2D eigenvalue weighted by Gasteiger charge is -2.14. The second-order valence-corrected chi connectivity index (χ2v) is 12.9. The summed E-state index contributed by atoms with van der Waals surface area (Å²) in [5.41, 5.74) is -0.481. The Kier molecular flexibility index (Phi) is 3.85. The highest BCUT2D eigenvalue weighted by Gasteiger charge is 2.22. The summed E-state index contributed by atoms with van der Waals surface area (Å²) < 4.78 is 188. The molecule has 0 atom stereocenters. The molecule has 0 bridgehead atoms. The van der Waals surface area contributed by atoms with Gasteiger partial charge in [0.2, 0.25) is 11.9 Å². The number of hydrogen-bond acceptors (Lipinski definition) is 4. The first-order chi connectivity index (χ1) is 36.6. The van der Waals surface area contributed by atoms with E-state index in [9.17, 15) is 9.60 Å². The van der Waals surface area contributed by atoms with E-state index in [1.807, 2.05) is 30.3 Å². The van der Waals surface area contributed by atoms with Gasteiger partial charge in [-0.25, -0.2) is 0 Å². The van der Waals surface area contributed by atoms with Gasteiger partial charge in [0.05, 0.1) is 49.5 Å². The minimum atomic E-state index is -0.827. The van der Waals surface area contributed by atoms with Crippen LogP contribution in [0, 0.1) is 0 Å². The summed E-state index contributed by atoms with van der Waals surface area (Å²) in [6.07, 6.45) is 0. The Bertz CT molecular complexity index is 4610. The molecule has 12 rings (SSSR count). The smallest absolute Gasteiger partial charge is 0.240 e. The normalized spacial score (nSPS) is 16.8. The molecule has 0 spiro atoms. The fraction of sp³-hybridized carbons (Fsp3) is 0. The number of rotatable bonds is 5. The summed E-state index contributed by atoms with van der Waals surface area (Å²) in [6.45, 7) is 0. The molecule has 266 valence electrons. The van der Waals surface area contributed by atoms with Crippen molar-refractivity contribution >= 4 is 65.6 Å². The van der Waals surface area contributed by atoms with Gasteiger partial charge in [-0.3, -0.25) is 9.13 Å². The molecule has 8 aromatic carbocycles. The van der Waals surface area contributed by atoms with Gasteiger partial charge in [-0.15, -0.1) is 0 Å². The quantitative estimate of drug-likeness (QED) is 0.176. The Morgan fingerprint density at radius 2 is 0.965 bits per heavy atom. The van der Waals surface area contributed by atoms with Gasteiger partial charge >= 0.3 is 0 Å². The summed E-state index contributed by atoms with van der Waals surface area (Å²) in [4.78, 5) is 14.7. The molecule has 0 aliphatic rings. The Morgan fingerprint density at radius 1 is 0.404 bits per heavy atom. The summed E-state index contributed by atoms with van der Waals surface area (Å²) in [5, 5.41) is 0.0923. The van der Waals surface area contributed by atoms with Crippen LogP contribution in [0.25, 0.3) is 111 Å². The summed E-state index contributed by atoms with van der Waals surface area (Å²) in [5.74, 6) is -1.41. The van der Waals surface area contributed by atoms with Crippen molar-refractivity contribution in [3.63, 3.8) is 0 Å². The van der Waals surface area contributed by atoms with Gasteiger partial charge in [-0.2, -0.15) is 15.0 Å². The first kappa shape index (κ1) is 17.8. The van der Waals surface area contributed by atoms with Crippen molar-refractivity contribution in [1.29, 1.82) is 0 Å². The van der Waals surface area contributed by atoms with Gasteiger partial charge in [0, 0.05) is 37.9 Å². The lowest BCUT2D eigenvalue weighted by Crippen LogP contribution is -2.10. The molecule has 0 aliphatic carbocycles. The molecule has 0 N–H and O–H groups in total. The topological polar surface area (TPSA) is 61.7 Å². The number of nitrogens with zero attached hydrogens (tertiary/aromatic N) is 5. The van der Waals surface area contributed by atoms with E-state index in [2.05, 4.69) is 0 Å². The molecule has 0 unspecified atom stereocenters. The van der Waals surface area contributed by atoms with Crippen LogP contribution < -0.4 is 0 Å². The molecule has 0 amide bonds. The van der Waals surface area contributed by atoms with Crippen LogP contribution in [0.4, 0.5) is 0 Å². The van der Waals surface area contributed by atoms with Crippen molar-refractivity contribution in [1.82, 2.24) is 24.1 Å². The van der Waals surface area contributed by atoms with E-state index in [4.69, 9.17) is 37.2 Å². The van der Waals surface area contributed by atoms with E-state index in [1.54, 1.807) is 36.4 Å². The molecule has 12 aromatic rings. The Hall–Kier alpha value is -7.83. The summed E-state index contributed by atoms with van der Waals surface area (Å²) in [7, 11) is 0. The standard InChI is InChI=1S/C51H31N5O/c1-2-14-32(15-3-1)33-26-28-39-38-19-8-12-24-45(38)56(46(39)31-33)51-53-49(52-50(54-51)55-43-22-10-6-17-36(43)37-18-7-11-23-44(37)55)41-21-5-4-16-35(41)34-27-29-48-42(30-34)40-20-9-13-25-47(40)57-48/h1-31H/i1D,2D,3D,6D,7D,8D,10D,11D,12D,14D,15D,17D,18D,19D,22D,23D,24D,26D,28D,31D. The van der Waals surface area contributed by atoms with Crippen LogP contribution in [0.5, 0.6) is 0 Å². The van der Waals surface area contributed by atoms with Gasteiger partial charge in [0.25, 0.3) is 0 Å². The second kappa shape index (κ2) is 12.3. The average molecular weight is 750 g/mol. The molecule has 0 aliphatic heterocycles. The zero-order chi connectivity index (χ0) is 54.9. The summed E-state index contributed by atoms with van der Waals surface area (Å²) >= 11 is 0. The van der Waals surface area contributed by atoms with Crippen LogP contribution in [0.15, 0.2) is 192 Å². The molecule has 6 nitrogen and oxygen atoms in total. The molecule has 0 fully saturated rings. The fourth-order valence-corrected chi connectivity index (χ4v) is 7.33. The molecule has 57 heavy (non-hydrogen) atoms. The number of benzene rings is 8. The van der Waals surface area contributed by atoms with Crippen molar-refractivity contribution in [2.45, 2.75) is 0 Å². The minimum Gasteiger partial charge on any atom is -0.456 e. The maximum absolute atomic E-state index is 9.92. The SMILES string of the molecule is [2H]c1c([2H])c([2H])c(-c2c([2H])c([2H])c3c4c([2H])c([2H])c([2H])c([2H])c4n(-c4nc(-c5ccccc5-c5ccc6oc7ccccc7c6c5)nc(-n5c6c([2H])c([2H])c([2H])c([2H])c6c6c([2H])c([2H])c([2H])c([2H])c65)n4)c3c2[2H])c([2H])c1[2H]. The monoisotopic (exact) mass is 749 g/mol. The number of furan rings is 1. The molecular formula is C51H31N5O. The third kappa shape index (κ3) is 4.87. The first-order valence-corrected chi connectivity index (χ1v) is 17.5. The minimum absolute atomic E-state index is 0.245. The molecule has 4 heterocycles. The molecule has 6 heteroatoms. The zero-order valence-electron chi connectivity index (χ0n) is 49.0. The molecule has 0 radical (unpaired) electrons. The maximum Gasteiger partial charge on any atom is 0.240 e. The maximum atomic E-state index is 9.92. The first-order valence-electron chi connectivity index (χ1n) is 27.5. The number of aromatic nitrogens is 5. The molecule has 0 saturated heterocycles. The zero-order valence-corrected chi connectivity index (χ0v) is 29.0. The fourth-order valence-electron chi connectivity index (χ4n) is 7.33. The van der Waals surface area contributed by atoms with Gasteiger partial charge in [-0.1, -0.05) is 145 Å². The average Bonchev–Trinajstić information content (AvgIpc) is 4.29. The summed E-state index contributed by atoms with van der Waals surface area (Å²) in [6, 6.07) is 4.46. The Labute approximate surface area is 354 Å². The Balaban J connectivity index is 1.30. The van der Waals surface area contributed by atoms with E-state index >= 15 is 0 Å². The highest BCUT2D eigenvalue weighted by molar-refractivity contribution is 6.11. The molecular weight excluding hydrogens is 699 g/mol. The largest absolute Gasteiger partial charge is 0.456 e.